The van der Waals surface area contributed by atoms with Gasteiger partial charge in [0.1, 0.15) is 5.37 Å². The molecule has 4 heterocycles. The van der Waals surface area contributed by atoms with Gasteiger partial charge in [0.2, 0.25) is 11.8 Å². The maximum Gasteiger partial charge on any atom is 0.322 e. The Hall–Kier alpha value is -2.95. The topological polar surface area (TPSA) is 79.4 Å². The fourth-order valence-electron chi connectivity index (χ4n) is 7.61. The van der Waals surface area contributed by atoms with Gasteiger partial charge in [-0.2, -0.15) is 0 Å². The van der Waals surface area contributed by atoms with E-state index in [1.807, 2.05) is 45.0 Å². The first kappa shape index (κ1) is 35.9. The molecule has 0 spiro atoms. The van der Waals surface area contributed by atoms with Gasteiger partial charge in [-0.15, -0.1) is 11.8 Å². The zero-order valence-corrected chi connectivity index (χ0v) is 31.4. The number of carbonyl (C=O) groups excluding carboxylic acids is 3. The Labute approximate surface area is 304 Å². The number of nitrogens with one attached hydrogen (secondary N) is 1. The van der Waals surface area contributed by atoms with Crippen LogP contribution in [0.1, 0.15) is 79.7 Å². The van der Waals surface area contributed by atoms with Gasteiger partial charge in [0.05, 0.1) is 5.25 Å². The maximum atomic E-state index is 14.2. The van der Waals surface area contributed by atoms with Gasteiger partial charge in [-0.25, -0.2) is 4.79 Å². The third-order valence-electron chi connectivity index (χ3n) is 10.7. The average molecular weight is 713 g/mol. The highest BCUT2D eigenvalue weighted by Crippen LogP contribution is 2.50. The van der Waals surface area contributed by atoms with Gasteiger partial charge >= 0.3 is 6.03 Å². The largest absolute Gasteiger partial charge is 0.369 e. The molecule has 1 N–H and O–H groups in total. The molecule has 4 amide bonds. The minimum Gasteiger partial charge on any atom is -0.369 e. The molecule has 3 fully saturated rings. The van der Waals surface area contributed by atoms with Crippen molar-refractivity contribution in [1.82, 2.24) is 19.6 Å². The van der Waals surface area contributed by atoms with Crippen LogP contribution < -0.4 is 10.2 Å². The normalized spacial score (nSPS) is 22.8. The molecule has 11 heteroatoms. The Morgan fingerprint density at radius 1 is 0.980 bits per heavy atom. The van der Waals surface area contributed by atoms with Crippen molar-refractivity contribution in [3.8, 4) is 0 Å². The molecular weight excluding hydrogens is 656 g/mol. The molecule has 0 saturated carbocycles. The van der Waals surface area contributed by atoms with Crippen molar-refractivity contribution in [2.45, 2.75) is 89.4 Å². The van der Waals surface area contributed by atoms with Gasteiger partial charge < -0.3 is 24.9 Å². The molecule has 9 nitrogen and oxygen atoms in total. The molecule has 270 valence electrons. The van der Waals surface area contributed by atoms with Crippen LogP contribution >= 0.6 is 23.4 Å². The number of piperazine rings is 1. The van der Waals surface area contributed by atoms with Crippen molar-refractivity contribution in [1.29, 1.82) is 0 Å². The lowest BCUT2D eigenvalue weighted by Crippen LogP contribution is -2.50. The number of halogens is 1. The van der Waals surface area contributed by atoms with E-state index in [4.69, 9.17) is 11.6 Å². The second-order valence-electron chi connectivity index (χ2n) is 15.5. The lowest BCUT2D eigenvalue weighted by molar-refractivity contribution is -0.137. The van der Waals surface area contributed by atoms with E-state index >= 15 is 0 Å². The van der Waals surface area contributed by atoms with Crippen LogP contribution in [0.5, 0.6) is 0 Å². The Morgan fingerprint density at radius 3 is 2.39 bits per heavy atom. The van der Waals surface area contributed by atoms with Gasteiger partial charge in [-0.05, 0) is 68.7 Å². The standard InChI is InChI=1S/C38H53ClN6O3S.2H2/c1-26(2)41-21-23-42(24-22-41)31-12-8-10-29(39)34(31)36-45(20-16-38(3,4)5)35(47)32(49-36)25-33(46)43-17-14-28(15-18-43)44-19-13-27-9-6-7-11-30(27)40-37(44)48;;/h6-12,26,28,32,36H,13-25H2,1-5H3,(H,40,48);2*1H/t32-,36?;;/m1../s1. The predicted molar refractivity (Wildman–Crippen MR) is 205 cm³/mol. The Bertz CT molecular complexity index is 1530. The van der Waals surface area contributed by atoms with Crippen molar-refractivity contribution in [2.24, 2.45) is 5.41 Å². The Kier molecular flexibility index (Phi) is 11.1. The summed E-state index contributed by atoms with van der Waals surface area (Å²) in [5.41, 5.74) is 4.17. The van der Waals surface area contributed by atoms with E-state index in [-0.39, 0.29) is 44.0 Å². The van der Waals surface area contributed by atoms with Crippen molar-refractivity contribution >= 4 is 52.6 Å². The summed E-state index contributed by atoms with van der Waals surface area (Å²) in [7, 11) is 0. The van der Waals surface area contributed by atoms with Crippen molar-refractivity contribution in [3.05, 3.63) is 58.6 Å². The van der Waals surface area contributed by atoms with Gasteiger partial charge in [-0.1, -0.05) is 56.6 Å². The minimum absolute atomic E-state index is 0. The molecule has 0 aromatic heterocycles. The first-order chi connectivity index (χ1) is 23.4. The van der Waals surface area contributed by atoms with Crippen LogP contribution in [-0.4, -0.2) is 107 Å². The zero-order valence-electron chi connectivity index (χ0n) is 29.8. The Balaban J connectivity index is 0.00000292. The highest BCUT2D eigenvalue weighted by Gasteiger charge is 2.45. The van der Waals surface area contributed by atoms with Crippen LogP contribution in [0.15, 0.2) is 42.5 Å². The second kappa shape index (κ2) is 15.1. The Morgan fingerprint density at radius 2 is 1.69 bits per heavy atom. The quantitative estimate of drug-likeness (QED) is 0.312. The van der Waals surface area contributed by atoms with Gasteiger partial charge in [0, 0.05) is 95.7 Å². The molecule has 3 saturated heterocycles. The van der Waals surface area contributed by atoms with Crippen LogP contribution in [0.3, 0.4) is 0 Å². The molecule has 2 atom stereocenters. The van der Waals surface area contributed by atoms with Crippen molar-refractivity contribution in [2.75, 3.05) is 62.6 Å². The van der Waals surface area contributed by atoms with Gasteiger partial charge in [0.15, 0.2) is 0 Å². The summed E-state index contributed by atoms with van der Waals surface area (Å²) in [4.78, 5) is 51.8. The minimum atomic E-state index is -0.466. The number of hydrogen-bond acceptors (Lipinski definition) is 6. The van der Waals surface area contributed by atoms with Crippen LogP contribution in [0.2, 0.25) is 5.02 Å². The summed E-state index contributed by atoms with van der Waals surface area (Å²) in [5.74, 6) is 0.0384. The summed E-state index contributed by atoms with van der Waals surface area (Å²) in [6.45, 7) is 17.3. The van der Waals surface area contributed by atoms with Gasteiger partial charge in [0.25, 0.3) is 0 Å². The van der Waals surface area contributed by atoms with E-state index in [0.29, 0.717) is 37.2 Å². The number of anilines is 2. The van der Waals surface area contributed by atoms with E-state index in [2.05, 4.69) is 61.9 Å². The summed E-state index contributed by atoms with van der Waals surface area (Å²) >= 11 is 8.60. The number of carbonyl (C=O) groups is 3. The molecule has 6 rings (SSSR count). The number of nitrogens with zero attached hydrogens (tertiary/aromatic N) is 5. The zero-order chi connectivity index (χ0) is 34.9. The third-order valence-corrected chi connectivity index (χ3v) is 12.4. The fourth-order valence-corrected chi connectivity index (χ4v) is 9.49. The second-order valence-corrected chi connectivity index (χ2v) is 17.2. The highest BCUT2D eigenvalue weighted by molar-refractivity contribution is 8.01. The summed E-state index contributed by atoms with van der Waals surface area (Å²) in [6.07, 6.45) is 3.29. The summed E-state index contributed by atoms with van der Waals surface area (Å²) < 4.78 is 0. The number of fused-ring (bicyclic) bond motifs is 1. The average Bonchev–Trinajstić information content (AvgIpc) is 3.26. The van der Waals surface area contributed by atoms with Crippen LogP contribution in [0.4, 0.5) is 16.2 Å². The van der Waals surface area contributed by atoms with E-state index in [1.165, 1.54) is 0 Å². The number of thioether (sulfide) groups is 1. The summed E-state index contributed by atoms with van der Waals surface area (Å²) in [5, 5.41) is 3.03. The first-order valence-corrected chi connectivity index (χ1v) is 19.4. The van der Waals surface area contributed by atoms with E-state index < -0.39 is 5.25 Å². The molecule has 0 aliphatic carbocycles. The number of likely N-dealkylation sites (tertiary alicyclic amines) is 1. The summed E-state index contributed by atoms with van der Waals surface area (Å²) in [6, 6.07) is 14.6. The van der Waals surface area contributed by atoms with E-state index in [0.717, 1.165) is 74.4 Å². The van der Waals surface area contributed by atoms with E-state index in [9.17, 15) is 14.4 Å². The molecule has 2 aromatic rings. The molecule has 1 unspecified atom stereocenters. The first-order valence-electron chi connectivity index (χ1n) is 18.1. The molecule has 49 heavy (non-hydrogen) atoms. The predicted octanol–water partition coefficient (Wildman–Crippen LogP) is 7.21. The molecule has 4 aliphatic heterocycles. The SMILES string of the molecule is CC(C)N1CCN(c2cccc(Cl)c2C2S[C@H](CC(=O)N3CCC(N4CCc5ccccc5NC4=O)CC3)C(=O)N2CCC(C)(C)C)CC1.[HH].[HH]. The monoisotopic (exact) mass is 712 g/mol. The smallest absolute Gasteiger partial charge is 0.322 e. The molecular formula is C38H57ClN6O3S. The number of amides is 4. The number of para-hydroxylation sites is 1. The molecule has 2 aromatic carbocycles. The lowest BCUT2D eigenvalue weighted by atomic mass is 9.92. The third kappa shape index (κ3) is 8.18. The number of piperidine rings is 1. The van der Waals surface area contributed by atoms with Crippen LogP contribution in [0, 0.1) is 5.41 Å². The number of benzene rings is 2. The van der Waals surface area contributed by atoms with Gasteiger partial charge in [-0.3, -0.25) is 14.5 Å². The van der Waals surface area contributed by atoms with Crippen molar-refractivity contribution in [3.63, 3.8) is 0 Å². The molecule has 0 radical (unpaired) electrons. The molecule has 4 aliphatic rings. The highest BCUT2D eigenvalue weighted by atomic mass is 35.5. The number of rotatable bonds is 8. The maximum absolute atomic E-state index is 14.2. The van der Waals surface area contributed by atoms with Crippen LogP contribution in [-0.2, 0) is 16.0 Å². The van der Waals surface area contributed by atoms with Crippen LogP contribution in [0.25, 0.3) is 0 Å². The van der Waals surface area contributed by atoms with Crippen molar-refractivity contribution < 1.29 is 17.2 Å². The molecule has 0 bridgehead atoms. The van der Waals surface area contributed by atoms with E-state index in [1.54, 1.807) is 11.8 Å². The number of urea groups is 1. The lowest BCUT2D eigenvalue weighted by Gasteiger charge is -2.40. The fraction of sp³-hybridized carbons (Fsp3) is 0.605. The number of hydrogen-bond donors (Lipinski definition) is 1.